The van der Waals surface area contributed by atoms with Gasteiger partial charge in [0.1, 0.15) is 5.75 Å². The van der Waals surface area contributed by atoms with Crippen molar-refractivity contribution in [2.45, 2.75) is 69.9 Å². The molecule has 0 atom stereocenters. The van der Waals surface area contributed by atoms with Crippen LogP contribution in [-0.4, -0.2) is 43.1 Å². The lowest BCUT2D eigenvalue weighted by molar-refractivity contribution is -0.172. The van der Waals surface area contributed by atoms with Gasteiger partial charge < -0.3 is 9.64 Å². The fourth-order valence-corrected chi connectivity index (χ4v) is 5.57. The van der Waals surface area contributed by atoms with Gasteiger partial charge in [0.15, 0.2) is 0 Å². The van der Waals surface area contributed by atoms with Crippen LogP contribution in [0.5, 0.6) is 5.75 Å². The van der Waals surface area contributed by atoms with Crippen LogP contribution in [0.1, 0.15) is 68.4 Å². The zero-order chi connectivity index (χ0) is 21.1. The van der Waals surface area contributed by atoms with Gasteiger partial charge in [-0.15, -0.1) is 0 Å². The summed E-state index contributed by atoms with van der Waals surface area (Å²) >= 11 is 0. The number of hydrogen-bond donors (Lipinski definition) is 0. The third-order valence-electron chi connectivity index (χ3n) is 7.42. The Labute approximate surface area is 177 Å². The molecule has 0 amide bonds. The molecule has 4 rings (SSSR count). The molecular weight excluding hydrogens is 391 g/mol. The Kier molecular flexibility index (Phi) is 6.71. The number of halogens is 3. The van der Waals surface area contributed by atoms with E-state index >= 15 is 0 Å². The number of ether oxygens (including phenoxy) is 1. The van der Waals surface area contributed by atoms with Crippen molar-refractivity contribution in [3.05, 3.63) is 29.3 Å². The van der Waals surface area contributed by atoms with Crippen LogP contribution in [-0.2, 0) is 11.2 Å². The van der Waals surface area contributed by atoms with Crippen molar-refractivity contribution in [2.75, 3.05) is 26.2 Å². The Balaban J connectivity index is 1.17. The van der Waals surface area contributed by atoms with E-state index in [0.717, 1.165) is 70.5 Å². The minimum atomic E-state index is -4.67. The van der Waals surface area contributed by atoms with E-state index in [2.05, 4.69) is 23.1 Å². The van der Waals surface area contributed by atoms with E-state index in [1.165, 1.54) is 24.0 Å². The molecule has 1 aliphatic carbocycles. The molecule has 2 heterocycles. The van der Waals surface area contributed by atoms with Crippen LogP contribution in [0.4, 0.5) is 13.2 Å². The molecule has 0 bridgehead atoms. The molecule has 0 spiro atoms. The van der Waals surface area contributed by atoms with Crippen LogP contribution >= 0.6 is 0 Å². The van der Waals surface area contributed by atoms with Crippen molar-refractivity contribution in [2.24, 2.45) is 11.8 Å². The van der Waals surface area contributed by atoms with Gasteiger partial charge in [-0.2, -0.15) is 13.2 Å². The second-order valence-electron chi connectivity index (χ2n) is 9.34. The molecule has 0 radical (unpaired) electrons. The van der Waals surface area contributed by atoms with Crippen molar-refractivity contribution in [1.82, 2.24) is 4.90 Å². The van der Waals surface area contributed by atoms with Gasteiger partial charge in [0.05, 0.1) is 6.61 Å². The molecule has 1 aromatic carbocycles. The maximum absolute atomic E-state index is 12.4. The number of alkyl halides is 3. The van der Waals surface area contributed by atoms with Gasteiger partial charge in [0.25, 0.3) is 0 Å². The van der Waals surface area contributed by atoms with Crippen molar-refractivity contribution < 1.29 is 22.7 Å². The van der Waals surface area contributed by atoms with Crippen molar-refractivity contribution in [3.63, 3.8) is 0 Å². The monoisotopic (exact) mass is 423 g/mol. The van der Waals surface area contributed by atoms with Gasteiger partial charge in [0, 0.05) is 18.4 Å². The van der Waals surface area contributed by atoms with Gasteiger partial charge in [-0.1, -0.05) is 25.0 Å². The summed E-state index contributed by atoms with van der Waals surface area (Å²) in [5.41, 5.74) is 2.90. The van der Waals surface area contributed by atoms with E-state index in [1.54, 1.807) is 0 Å². The van der Waals surface area contributed by atoms with Crippen molar-refractivity contribution in [1.29, 1.82) is 0 Å². The quantitative estimate of drug-likeness (QED) is 0.604. The van der Waals surface area contributed by atoms with Gasteiger partial charge >= 0.3 is 6.18 Å². The third-order valence-corrected chi connectivity index (χ3v) is 7.42. The number of carbonyl (C=O) groups is 1. The maximum Gasteiger partial charge on any atom is 0.449 e. The standard InChI is InChI=1S/C24H32F3NO2/c25-24(26,27)23(29)16-18-6-4-17(5-7-18)8-12-28-13-9-19(10-14-28)20-2-1-3-22-21(20)11-15-30-22/h1-3,17-19H,4-16H2. The lowest BCUT2D eigenvalue weighted by Gasteiger charge is -2.35. The maximum atomic E-state index is 12.4. The average Bonchev–Trinajstić information content (AvgIpc) is 3.22. The predicted molar refractivity (Wildman–Crippen MR) is 110 cm³/mol. The topological polar surface area (TPSA) is 29.5 Å². The highest BCUT2D eigenvalue weighted by atomic mass is 19.4. The Morgan fingerprint density at radius 3 is 2.43 bits per heavy atom. The summed E-state index contributed by atoms with van der Waals surface area (Å²) < 4.78 is 43.1. The number of benzene rings is 1. The highest BCUT2D eigenvalue weighted by Crippen LogP contribution is 2.38. The molecule has 30 heavy (non-hydrogen) atoms. The van der Waals surface area contributed by atoms with E-state index < -0.39 is 12.0 Å². The first-order valence-electron chi connectivity index (χ1n) is 11.5. The van der Waals surface area contributed by atoms with Gasteiger partial charge in [-0.25, -0.2) is 0 Å². The van der Waals surface area contributed by atoms with Crippen LogP contribution in [0.3, 0.4) is 0 Å². The highest BCUT2D eigenvalue weighted by Gasteiger charge is 2.39. The van der Waals surface area contributed by atoms with Crippen molar-refractivity contribution >= 4 is 5.78 Å². The van der Waals surface area contributed by atoms with E-state index in [9.17, 15) is 18.0 Å². The van der Waals surface area contributed by atoms with Gasteiger partial charge in [-0.05, 0) is 81.1 Å². The first kappa shape index (κ1) is 21.7. The van der Waals surface area contributed by atoms with Gasteiger partial charge in [0.2, 0.25) is 5.78 Å². The molecule has 6 heteroatoms. The third kappa shape index (κ3) is 5.19. The van der Waals surface area contributed by atoms with Crippen LogP contribution < -0.4 is 4.74 Å². The molecular formula is C24H32F3NO2. The zero-order valence-corrected chi connectivity index (χ0v) is 17.6. The largest absolute Gasteiger partial charge is 0.493 e. The number of carbonyl (C=O) groups excluding carboxylic acids is 1. The van der Waals surface area contributed by atoms with Gasteiger partial charge in [-0.3, -0.25) is 4.79 Å². The molecule has 3 nitrogen and oxygen atoms in total. The summed E-state index contributed by atoms with van der Waals surface area (Å²) in [4.78, 5) is 13.8. The molecule has 0 aromatic heterocycles. The fourth-order valence-electron chi connectivity index (χ4n) is 5.57. The molecule has 1 saturated heterocycles. The summed E-state index contributed by atoms with van der Waals surface area (Å²) in [6, 6.07) is 6.47. The predicted octanol–water partition coefficient (Wildman–Crippen LogP) is 5.52. The molecule has 0 unspecified atom stereocenters. The number of likely N-dealkylation sites (tertiary alicyclic amines) is 1. The Hall–Kier alpha value is -1.56. The number of nitrogens with zero attached hydrogens (tertiary/aromatic N) is 1. The zero-order valence-electron chi connectivity index (χ0n) is 17.6. The lowest BCUT2D eigenvalue weighted by atomic mass is 9.78. The molecule has 2 aliphatic heterocycles. The highest BCUT2D eigenvalue weighted by molar-refractivity contribution is 5.84. The normalized spacial score (nSPS) is 25.7. The Bertz CT molecular complexity index is 732. The number of ketones is 1. The molecule has 3 aliphatic rings. The van der Waals surface area contributed by atoms with E-state index in [4.69, 9.17) is 4.74 Å². The van der Waals surface area contributed by atoms with Crippen LogP contribution in [0.2, 0.25) is 0 Å². The van der Waals surface area contributed by atoms with Crippen LogP contribution in [0, 0.1) is 11.8 Å². The van der Waals surface area contributed by atoms with E-state index in [1.807, 2.05) is 0 Å². The summed E-state index contributed by atoms with van der Waals surface area (Å²) in [7, 11) is 0. The first-order chi connectivity index (χ1) is 14.4. The minimum Gasteiger partial charge on any atom is -0.493 e. The molecule has 1 saturated carbocycles. The lowest BCUT2D eigenvalue weighted by Crippen LogP contribution is -2.35. The summed E-state index contributed by atoms with van der Waals surface area (Å²) in [5, 5.41) is 0. The van der Waals surface area contributed by atoms with Crippen LogP contribution in [0.25, 0.3) is 0 Å². The van der Waals surface area contributed by atoms with Crippen LogP contribution in [0.15, 0.2) is 18.2 Å². The molecule has 166 valence electrons. The summed E-state index contributed by atoms with van der Waals surface area (Å²) in [5.74, 6) is 0.656. The average molecular weight is 424 g/mol. The smallest absolute Gasteiger partial charge is 0.449 e. The number of hydrogen-bond acceptors (Lipinski definition) is 3. The minimum absolute atomic E-state index is 0.0808. The van der Waals surface area contributed by atoms with E-state index in [-0.39, 0.29) is 12.3 Å². The second-order valence-corrected chi connectivity index (χ2v) is 9.34. The first-order valence-corrected chi connectivity index (χ1v) is 11.5. The molecule has 1 aromatic rings. The Morgan fingerprint density at radius 2 is 1.73 bits per heavy atom. The number of Topliss-reactive ketones (excluding diaryl/α,β-unsaturated/α-hetero) is 1. The number of fused-ring (bicyclic) bond motifs is 1. The van der Waals surface area contributed by atoms with E-state index in [0.29, 0.717) is 11.8 Å². The summed E-state index contributed by atoms with van der Waals surface area (Å²) in [6.45, 7) is 4.12. The second kappa shape index (κ2) is 9.29. The molecule has 2 fully saturated rings. The summed E-state index contributed by atoms with van der Waals surface area (Å²) in [6.07, 6.45) is 2.97. The number of rotatable bonds is 6. The SMILES string of the molecule is O=C(CC1CCC(CCN2CCC(c3cccc4c3CCO4)CC2)CC1)C(F)(F)F. The molecule has 0 N–H and O–H groups in total. The van der Waals surface area contributed by atoms with Crippen molar-refractivity contribution in [3.8, 4) is 5.75 Å². The number of piperidine rings is 1. The fraction of sp³-hybridized carbons (Fsp3) is 0.708. The Morgan fingerprint density at radius 1 is 1.03 bits per heavy atom.